The smallest absolute Gasteiger partial charge is 0.245 e. The number of carbonyl (C=O) groups is 2. The first-order valence-electron chi connectivity index (χ1n) is 6.42. The van der Waals surface area contributed by atoms with Gasteiger partial charge in [0.2, 0.25) is 11.8 Å². The minimum absolute atomic E-state index is 0.121. The van der Waals surface area contributed by atoms with Gasteiger partial charge in [0.1, 0.15) is 11.9 Å². The Morgan fingerprint density at radius 2 is 2.10 bits per heavy atom. The molecule has 2 rings (SSSR count). The van der Waals surface area contributed by atoms with Crippen molar-refractivity contribution in [3.05, 3.63) is 34.1 Å². The third-order valence-corrected chi connectivity index (χ3v) is 3.99. The Bertz CT molecular complexity index is 550. The average molecular weight is 343 g/mol. The molecule has 2 atom stereocenters. The topological polar surface area (TPSA) is 49.4 Å². The highest BCUT2D eigenvalue weighted by atomic mass is 79.9. The van der Waals surface area contributed by atoms with Crippen LogP contribution in [0.3, 0.4) is 0 Å². The lowest BCUT2D eigenvalue weighted by atomic mass is 10.1. The van der Waals surface area contributed by atoms with Crippen molar-refractivity contribution in [1.82, 2.24) is 10.2 Å². The molecule has 1 heterocycles. The van der Waals surface area contributed by atoms with Gasteiger partial charge in [-0.25, -0.2) is 4.39 Å². The van der Waals surface area contributed by atoms with Crippen molar-refractivity contribution in [2.24, 2.45) is 0 Å². The summed E-state index contributed by atoms with van der Waals surface area (Å²) in [5.41, 5.74) is 0.819. The number of hydrogen-bond acceptors (Lipinski definition) is 2. The van der Waals surface area contributed by atoms with E-state index in [0.717, 1.165) is 5.56 Å². The maximum atomic E-state index is 13.2. The van der Waals surface area contributed by atoms with Crippen LogP contribution >= 0.6 is 15.9 Å². The molecule has 0 aliphatic carbocycles. The number of carbonyl (C=O) groups excluding carboxylic acids is 2. The zero-order valence-electron chi connectivity index (χ0n) is 11.3. The van der Waals surface area contributed by atoms with Crippen LogP contribution in [-0.4, -0.2) is 28.8 Å². The molecule has 2 amide bonds. The van der Waals surface area contributed by atoms with Crippen LogP contribution in [0.2, 0.25) is 0 Å². The van der Waals surface area contributed by atoms with Crippen molar-refractivity contribution in [2.45, 2.75) is 38.9 Å². The molecule has 1 saturated heterocycles. The van der Waals surface area contributed by atoms with Crippen molar-refractivity contribution >= 4 is 27.7 Å². The maximum absolute atomic E-state index is 13.2. The van der Waals surface area contributed by atoms with Crippen LogP contribution in [0.4, 0.5) is 4.39 Å². The molecule has 20 heavy (non-hydrogen) atoms. The summed E-state index contributed by atoms with van der Waals surface area (Å²) in [6.45, 7) is 3.87. The zero-order chi connectivity index (χ0) is 14.9. The molecule has 1 aromatic rings. The second-order valence-electron chi connectivity index (χ2n) is 5.06. The molecule has 0 saturated carbocycles. The van der Waals surface area contributed by atoms with Crippen LogP contribution in [0.15, 0.2) is 22.7 Å². The molecule has 1 fully saturated rings. The van der Waals surface area contributed by atoms with Gasteiger partial charge in [-0.05, 0) is 47.5 Å². The van der Waals surface area contributed by atoms with Crippen LogP contribution in [0.1, 0.15) is 25.8 Å². The highest BCUT2D eigenvalue weighted by Gasteiger charge is 2.31. The predicted molar refractivity (Wildman–Crippen MR) is 76.3 cm³/mol. The van der Waals surface area contributed by atoms with Crippen molar-refractivity contribution in [3.8, 4) is 0 Å². The normalized spacial score (nSPS) is 23.5. The fraction of sp³-hybridized carbons (Fsp3) is 0.429. The summed E-state index contributed by atoms with van der Waals surface area (Å²) < 4.78 is 13.6. The summed E-state index contributed by atoms with van der Waals surface area (Å²) in [5.74, 6) is -0.584. The number of nitrogens with zero attached hydrogens (tertiary/aromatic N) is 1. The van der Waals surface area contributed by atoms with E-state index in [0.29, 0.717) is 11.0 Å². The maximum Gasteiger partial charge on any atom is 0.245 e. The van der Waals surface area contributed by atoms with Crippen molar-refractivity contribution in [2.75, 3.05) is 0 Å². The summed E-state index contributed by atoms with van der Waals surface area (Å²) in [6, 6.07) is 3.94. The van der Waals surface area contributed by atoms with Gasteiger partial charge in [0.15, 0.2) is 0 Å². The van der Waals surface area contributed by atoms with Gasteiger partial charge in [0, 0.05) is 19.0 Å². The Kier molecular flexibility index (Phi) is 4.42. The van der Waals surface area contributed by atoms with Crippen LogP contribution in [-0.2, 0) is 16.1 Å². The standard InChI is InChI=1S/C14H16BrFN2O2/c1-8-5-13(19)17-9(2)14(20)18(8)7-10-3-4-12(16)11(15)6-10/h3-4,6,8-9H,5,7H2,1-2H3,(H,17,19). The van der Waals surface area contributed by atoms with Gasteiger partial charge in [0.25, 0.3) is 0 Å². The zero-order valence-corrected chi connectivity index (χ0v) is 12.9. The molecular formula is C14H16BrFN2O2. The van der Waals surface area contributed by atoms with E-state index < -0.39 is 6.04 Å². The van der Waals surface area contributed by atoms with E-state index in [9.17, 15) is 14.0 Å². The number of benzene rings is 1. The Balaban J connectivity index is 2.22. The van der Waals surface area contributed by atoms with Crippen LogP contribution in [0.5, 0.6) is 0 Å². The van der Waals surface area contributed by atoms with E-state index in [1.165, 1.54) is 6.07 Å². The second kappa shape index (κ2) is 5.91. The van der Waals surface area contributed by atoms with Crippen LogP contribution < -0.4 is 5.32 Å². The molecule has 1 aromatic carbocycles. The molecule has 1 aliphatic heterocycles. The molecule has 0 radical (unpaired) electrons. The molecule has 4 nitrogen and oxygen atoms in total. The van der Waals surface area contributed by atoms with Gasteiger partial charge in [-0.1, -0.05) is 6.07 Å². The fourth-order valence-corrected chi connectivity index (χ4v) is 2.70. The van der Waals surface area contributed by atoms with Gasteiger partial charge in [-0.3, -0.25) is 9.59 Å². The lowest BCUT2D eigenvalue weighted by Crippen LogP contribution is -2.44. The van der Waals surface area contributed by atoms with E-state index in [-0.39, 0.29) is 30.1 Å². The van der Waals surface area contributed by atoms with Gasteiger partial charge in [-0.15, -0.1) is 0 Å². The summed E-state index contributed by atoms with van der Waals surface area (Å²) in [5, 5.41) is 2.66. The number of rotatable bonds is 2. The fourth-order valence-electron chi connectivity index (χ4n) is 2.28. The molecule has 6 heteroatoms. The SMILES string of the molecule is CC1NC(=O)CC(C)N(Cc2ccc(F)c(Br)c2)C1=O. The van der Waals surface area contributed by atoms with E-state index >= 15 is 0 Å². The van der Waals surface area contributed by atoms with Crippen molar-refractivity contribution in [1.29, 1.82) is 0 Å². The minimum atomic E-state index is -0.531. The van der Waals surface area contributed by atoms with E-state index in [4.69, 9.17) is 0 Å². The second-order valence-corrected chi connectivity index (χ2v) is 5.91. The molecule has 108 valence electrons. The Labute approximate surface area is 125 Å². The number of hydrogen-bond donors (Lipinski definition) is 1. The molecule has 0 spiro atoms. The van der Waals surface area contributed by atoms with Gasteiger partial charge >= 0.3 is 0 Å². The third kappa shape index (κ3) is 3.17. The number of halogens is 2. The lowest BCUT2D eigenvalue weighted by molar-refractivity contribution is -0.135. The summed E-state index contributed by atoms with van der Waals surface area (Å²) >= 11 is 3.13. The van der Waals surface area contributed by atoms with E-state index in [1.807, 2.05) is 6.92 Å². The third-order valence-electron chi connectivity index (χ3n) is 3.38. The van der Waals surface area contributed by atoms with E-state index in [1.54, 1.807) is 24.0 Å². The minimum Gasteiger partial charge on any atom is -0.345 e. The lowest BCUT2D eigenvalue weighted by Gasteiger charge is -2.28. The summed E-state index contributed by atoms with van der Waals surface area (Å²) in [4.78, 5) is 25.5. The highest BCUT2D eigenvalue weighted by Crippen LogP contribution is 2.20. The largest absolute Gasteiger partial charge is 0.345 e. The van der Waals surface area contributed by atoms with Gasteiger partial charge < -0.3 is 10.2 Å². The van der Waals surface area contributed by atoms with Crippen LogP contribution in [0.25, 0.3) is 0 Å². The predicted octanol–water partition coefficient (Wildman–Crippen LogP) is 2.21. The molecule has 1 N–H and O–H groups in total. The van der Waals surface area contributed by atoms with E-state index in [2.05, 4.69) is 21.2 Å². The highest BCUT2D eigenvalue weighted by molar-refractivity contribution is 9.10. The Morgan fingerprint density at radius 1 is 1.40 bits per heavy atom. The monoisotopic (exact) mass is 342 g/mol. The molecular weight excluding hydrogens is 327 g/mol. The molecule has 1 aliphatic rings. The average Bonchev–Trinajstić information content (AvgIpc) is 2.46. The Morgan fingerprint density at radius 3 is 2.75 bits per heavy atom. The quantitative estimate of drug-likeness (QED) is 0.895. The summed E-state index contributed by atoms with van der Waals surface area (Å²) in [7, 11) is 0. The van der Waals surface area contributed by atoms with Crippen molar-refractivity contribution < 1.29 is 14.0 Å². The van der Waals surface area contributed by atoms with Gasteiger partial charge in [0.05, 0.1) is 4.47 Å². The first kappa shape index (κ1) is 15.0. The number of nitrogens with one attached hydrogen (secondary N) is 1. The molecule has 0 bridgehead atoms. The molecule has 2 unspecified atom stereocenters. The first-order chi connectivity index (χ1) is 9.38. The number of amides is 2. The van der Waals surface area contributed by atoms with Crippen LogP contribution in [0, 0.1) is 5.82 Å². The Hall–Kier alpha value is -1.43. The summed E-state index contributed by atoms with van der Waals surface area (Å²) in [6.07, 6.45) is 0.276. The molecule has 0 aromatic heterocycles. The first-order valence-corrected chi connectivity index (χ1v) is 7.21. The van der Waals surface area contributed by atoms with Gasteiger partial charge in [-0.2, -0.15) is 0 Å². The van der Waals surface area contributed by atoms with Crippen molar-refractivity contribution in [3.63, 3.8) is 0 Å².